The summed E-state index contributed by atoms with van der Waals surface area (Å²) in [4.78, 5) is 22.5. The number of amides is 1. The number of benzene rings is 1. The Kier molecular flexibility index (Phi) is 5.83. The molecule has 0 aromatic heterocycles. The number of carboxylic acids is 1. The lowest BCUT2D eigenvalue weighted by molar-refractivity contribution is -0.131. The fourth-order valence-electron chi connectivity index (χ4n) is 2.07. The molecule has 3 N–H and O–H groups in total. The average Bonchev–Trinajstić information content (AvgIpc) is 2.46. The maximum atomic E-state index is 12.0. The van der Waals surface area contributed by atoms with Gasteiger partial charge >= 0.3 is 5.97 Å². The third-order valence-electron chi connectivity index (χ3n) is 3.02. The molecule has 1 atom stereocenters. The van der Waals surface area contributed by atoms with Gasteiger partial charge in [0, 0.05) is 42.3 Å². The molecule has 1 amide bonds. The minimum absolute atomic E-state index is 0.0330. The molecule has 1 fully saturated rings. The second-order valence-electron chi connectivity index (χ2n) is 4.78. The van der Waals surface area contributed by atoms with Crippen molar-refractivity contribution in [1.82, 2.24) is 5.32 Å². The number of aliphatic carboxylic acids is 1. The van der Waals surface area contributed by atoms with Gasteiger partial charge < -0.3 is 15.7 Å². The van der Waals surface area contributed by atoms with Crippen LogP contribution in [0.15, 0.2) is 30.3 Å². The highest BCUT2D eigenvalue weighted by Gasteiger charge is 2.16. The lowest BCUT2D eigenvalue weighted by Crippen LogP contribution is -2.39. The first kappa shape index (κ1) is 15.6. The molecular formula is C15H18N2O3S. The van der Waals surface area contributed by atoms with Crippen molar-refractivity contribution in [3.05, 3.63) is 35.9 Å². The molecule has 1 aromatic rings. The average molecular weight is 306 g/mol. The number of hydrogen-bond donors (Lipinski definition) is 3. The molecule has 5 nitrogen and oxygen atoms in total. The zero-order valence-corrected chi connectivity index (χ0v) is 12.4. The molecule has 6 heteroatoms. The van der Waals surface area contributed by atoms with E-state index < -0.39 is 5.97 Å². The Labute approximate surface area is 127 Å². The van der Waals surface area contributed by atoms with E-state index in [-0.39, 0.29) is 11.9 Å². The molecule has 112 valence electrons. The predicted molar refractivity (Wildman–Crippen MR) is 85.5 cm³/mol. The molecule has 0 radical (unpaired) electrons. The summed E-state index contributed by atoms with van der Waals surface area (Å²) < 4.78 is 0. The Morgan fingerprint density at radius 2 is 2.33 bits per heavy atom. The molecule has 1 heterocycles. The molecule has 1 saturated heterocycles. The van der Waals surface area contributed by atoms with Crippen molar-refractivity contribution in [2.24, 2.45) is 0 Å². The molecule has 0 saturated carbocycles. The van der Waals surface area contributed by atoms with Crippen molar-refractivity contribution >= 4 is 35.4 Å². The molecule has 0 aliphatic carbocycles. The highest BCUT2D eigenvalue weighted by atomic mass is 32.2. The van der Waals surface area contributed by atoms with E-state index in [1.807, 2.05) is 11.8 Å². The fourth-order valence-corrected chi connectivity index (χ4v) is 3.02. The second-order valence-corrected chi connectivity index (χ2v) is 5.93. The smallest absolute Gasteiger partial charge is 0.328 e. The number of anilines is 1. The molecule has 1 aromatic carbocycles. The Bertz CT molecular complexity index is 539. The monoisotopic (exact) mass is 306 g/mol. The number of carbonyl (C=O) groups is 2. The first-order valence-electron chi connectivity index (χ1n) is 6.75. The van der Waals surface area contributed by atoms with Gasteiger partial charge in [-0.2, -0.15) is 11.8 Å². The number of rotatable bonds is 5. The number of thioether (sulfide) groups is 1. The minimum atomic E-state index is -0.995. The summed E-state index contributed by atoms with van der Waals surface area (Å²) in [6.45, 7) is 0.943. The standard InChI is InChI=1S/C15H18N2O3S/c18-14(9-13-10-21-7-6-16-13)17-12-3-1-2-11(8-12)4-5-15(19)20/h1-5,8,13,16H,6-7,9-10H2,(H,17,18)(H,19,20)/b5-4+. The lowest BCUT2D eigenvalue weighted by Gasteiger charge is -2.22. The van der Waals surface area contributed by atoms with Crippen LogP contribution in [0.5, 0.6) is 0 Å². The van der Waals surface area contributed by atoms with Crippen LogP contribution < -0.4 is 10.6 Å². The van der Waals surface area contributed by atoms with E-state index in [1.165, 1.54) is 6.08 Å². The summed E-state index contributed by atoms with van der Waals surface area (Å²) in [6, 6.07) is 7.33. The number of carboxylic acid groups (broad SMARTS) is 1. The zero-order valence-electron chi connectivity index (χ0n) is 11.5. The fraction of sp³-hybridized carbons (Fsp3) is 0.333. The molecule has 21 heavy (non-hydrogen) atoms. The molecule has 2 rings (SSSR count). The highest BCUT2D eigenvalue weighted by molar-refractivity contribution is 7.99. The number of carbonyl (C=O) groups excluding carboxylic acids is 1. The van der Waals surface area contributed by atoms with Gasteiger partial charge in [-0.25, -0.2) is 4.79 Å². The SMILES string of the molecule is O=C(O)/C=C/c1cccc(NC(=O)CC2CSCCN2)c1. The van der Waals surface area contributed by atoms with Crippen molar-refractivity contribution in [2.75, 3.05) is 23.4 Å². The molecule has 1 aliphatic heterocycles. The molecule has 0 bridgehead atoms. The van der Waals surface area contributed by atoms with E-state index in [2.05, 4.69) is 10.6 Å². The Morgan fingerprint density at radius 1 is 1.48 bits per heavy atom. The van der Waals surface area contributed by atoms with Crippen molar-refractivity contribution in [2.45, 2.75) is 12.5 Å². The van der Waals surface area contributed by atoms with Gasteiger partial charge in [-0.15, -0.1) is 0 Å². The van der Waals surface area contributed by atoms with Crippen LogP contribution in [0.4, 0.5) is 5.69 Å². The van der Waals surface area contributed by atoms with Crippen LogP contribution in [0, 0.1) is 0 Å². The quantitative estimate of drug-likeness (QED) is 0.723. The summed E-state index contributed by atoms with van der Waals surface area (Å²) in [5.41, 5.74) is 1.41. The maximum absolute atomic E-state index is 12.0. The van der Waals surface area contributed by atoms with Crippen LogP contribution >= 0.6 is 11.8 Å². The predicted octanol–water partition coefficient (Wildman–Crippen LogP) is 1.82. The third kappa shape index (κ3) is 5.61. The lowest BCUT2D eigenvalue weighted by atomic mass is 10.1. The van der Waals surface area contributed by atoms with E-state index in [1.54, 1.807) is 24.3 Å². The van der Waals surface area contributed by atoms with Gasteiger partial charge in [0.2, 0.25) is 5.91 Å². The first-order valence-corrected chi connectivity index (χ1v) is 7.91. The summed E-state index contributed by atoms with van der Waals surface area (Å²) >= 11 is 1.86. The maximum Gasteiger partial charge on any atom is 0.328 e. The third-order valence-corrected chi connectivity index (χ3v) is 4.15. The highest BCUT2D eigenvalue weighted by Crippen LogP contribution is 2.14. The van der Waals surface area contributed by atoms with Gasteiger partial charge in [0.1, 0.15) is 0 Å². The van der Waals surface area contributed by atoms with Crippen molar-refractivity contribution in [3.63, 3.8) is 0 Å². The zero-order chi connectivity index (χ0) is 15.1. The Morgan fingerprint density at radius 3 is 3.05 bits per heavy atom. The van der Waals surface area contributed by atoms with Gasteiger partial charge in [0.25, 0.3) is 0 Å². The van der Waals surface area contributed by atoms with Gasteiger partial charge in [-0.3, -0.25) is 4.79 Å². The largest absolute Gasteiger partial charge is 0.478 e. The van der Waals surface area contributed by atoms with Crippen LogP contribution in [-0.4, -0.2) is 41.1 Å². The topological polar surface area (TPSA) is 78.4 Å². The van der Waals surface area contributed by atoms with Crippen LogP contribution in [0.25, 0.3) is 6.08 Å². The summed E-state index contributed by atoms with van der Waals surface area (Å²) in [6.07, 6.45) is 3.02. The van der Waals surface area contributed by atoms with Crippen molar-refractivity contribution < 1.29 is 14.7 Å². The normalized spacial score (nSPS) is 18.6. The van der Waals surface area contributed by atoms with E-state index in [4.69, 9.17) is 5.11 Å². The van der Waals surface area contributed by atoms with E-state index in [9.17, 15) is 9.59 Å². The second kappa shape index (κ2) is 7.85. The summed E-state index contributed by atoms with van der Waals surface area (Å²) in [5, 5.41) is 14.8. The first-order chi connectivity index (χ1) is 10.1. The Hall–Kier alpha value is -1.79. The molecule has 1 aliphatic rings. The minimum Gasteiger partial charge on any atom is -0.478 e. The van der Waals surface area contributed by atoms with Crippen LogP contribution in [0.2, 0.25) is 0 Å². The van der Waals surface area contributed by atoms with E-state index in [0.29, 0.717) is 12.1 Å². The molecule has 0 spiro atoms. The van der Waals surface area contributed by atoms with Gasteiger partial charge in [-0.05, 0) is 23.8 Å². The van der Waals surface area contributed by atoms with Crippen LogP contribution in [0.3, 0.4) is 0 Å². The number of hydrogen-bond acceptors (Lipinski definition) is 4. The van der Waals surface area contributed by atoms with E-state index in [0.717, 1.165) is 29.7 Å². The van der Waals surface area contributed by atoms with Crippen molar-refractivity contribution in [3.8, 4) is 0 Å². The van der Waals surface area contributed by atoms with Gasteiger partial charge in [0.15, 0.2) is 0 Å². The van der Waals surface area contributed by atoms with Gasteiger partial charge in [-0.1, -0.05) is 12.1 Å². The van der Waals surface area contributed by atoms with Gasteiger partial charge in [0.05, 0.1) is 0 Å². The summed E-state index contributed by atoms with van der Waals surface area (Å²) in [5.74, 6) is 1.02. The summed E-state index contributed by atoms with van der Waals surface area (Å²) in [7, 11) is 0. The Balaban J connectivity index is 1.90. The number of nitrogens with one attached hydrogen (secondary N) is 2. The molecule has 1 unspecified atom stereocenters. The van der Waals surface area contributed by atoms with Crippen LogP contribution in [0.1, 0.15) is 12.0 Å². The van der Waals surface area contributed by atoms with Crippen molar-refractivity contribution in [1.29, 1.82) is 0 Å². The van der Waals surface area contributed by atoms with Crippen LogP contribution in [-0.2, 0) is 9.59 Å². The van der Waals surface area contributed by atoms with E-state index >= 15 is 0 Å². The molecular weight excluding hydrogens is 288 g/mol.